The topological polar surface area (TPSA) is 49.8 Å². The number of thiophene rings is 1. The molecule has 5 rings (SSSR count). The van der Waals surface area contributed by atoms with Crippen LogP contribution in [0.2, 0.25) is 0 Å². The zero-order valence-electron chi connectivity index (χ0n) is 18.7. The smallest absolute Gasteiger partial charge is 0.203 e. The van der Waals surface area contributed by atoms with Gasteiger partial charge in [-0.2, -0.15) is 0 Å². The SMILES string of the molecule is O=C(c1ccccc1)c1sc2cc(O)ccc2c1-c1ccc(OCCCN2CC(CF)C2)cc1. The number of benzene rings is 3. The number of carbonyl (C=O) groups excluding carboxylic acids is 1. The molecule has 174 valence electrons. The van der Waals surface area contributed by atoms with E-state index in [0.29, 0.717) is 17.0 Å². The van der Waals surface area contributed by atoms with Crippen molar-refractivity contribution in [2.75, 3.05) is 32.9 Å². The summed E-state index contributed by atoms with van der Waals surface area (Å²) < 4.78 is 19.3. The van der Waals surface area contributed by atoms with E-state index in [1.165, 1.54) is 11.3 Å². The van der Waals surface area contributed by atoms with E-state index < -0.39 is 0 Å². The van der Waals surface area contributed by atoms with Crippen molar-refractivity contribution in [3.05, 3.63) is 83.2 Å². The maximum Gasteiger partial charge on any atom is 0.203 e. The molecule has 1 aliphatic heterocycles. The van der Waals surface area contributed by atoms with Crippen molar-refractivity contribution in [2.24, 2.45) is 5.92 Å². The number of alkyl halides is 1. The molecule has 1 fully saturated rings. The molecule has 0 amide bonds. The van der Waals surface area contributed by atoms with Crippen LogP contribution in [0.5, 0.6) is 11.5 Å². The third-order valence-electron chi connectivity index (χ3n) is 6.20. The average molecular weight is 476 g/mol. The van der Waals surface area contributed by atoms with Crippen LogP contribution in [0.15, 0.2) is 72.8 Å². The molecule has 0 spiro atoms. The van der Waals surface area contributed by atoms with Crippen molar-refractivity contribution >= 4 is 27.2 Å². The summed E-state index contributed by atoms with van der Waals surface area (Å²) in [5.74, 6) is 1.14. The first kappa shape index (κ1) is 22.6. The van der Waals surface area contributed by atoms with Gasteiger partial charge in [0.2, 0.25) is 5.78 Å². The number of aromatic hydroxyl groups is 1. The molecule has 34 heavy (non-hydrogen) atoms. The Hall–Kier alpha value is -3.22. The Balaban J connectivity index is 1.34. The van der Waals surface area contributed by atoms with Crippen LogP contribution < -0.4 is 4.74 Å². The number of hydrogen-bond acceptors (Lipinski definition) is 5. The second-order valence-corrected chi connectivity index (χ2v) is 9.74. The van der Waals surface area contributed by atoms with Gasteiger partial charge in [-0.1, -0.05) is 42.5 Å². The number of nitrogens with zero attached hydrogens (tertiary/aromatic N) is 1. The lowest BCUT2D eigenvalue weighted by molar-refractivity contribution is 0.0755. The number of fused-ring (bicyclic) bond motifs is 1. The molecule has 0 unspecified atom stereocenters. The summed E-state index contributed by atoms with van der Waals surface area (Å²) in [7, 11) is 0. The van der Waals surface area contributed by atoms with Gasteiger partial charge in [0.25, 0.3) is 0 Å². The summed E-state index contributed by atoms with van der Waals surface area (Å²) in [5.41, 5.74) is 2.45. The van der Waals surface area contributed by atoms with Crippen molar-refractivity contribution in [2.45, 2.75) is 6.42 Å². The van der Waals surface area contributed by atoms with Gasteiger partial charge in [-0.15, -0.1) is 11.3 Å². The van der Waals surface area contributed by atoms with Gasteiger partial charge in [0.05, 0.1) is 18.2 Å². The van der Waals surface area contributed by atoms with Crippen LogP contribution >= 0.6 is 11.3 Å². The fourth-order valence-electron chi connectivity index (χ4n) is 4.41. The van der Waals surface area contributed by atoms with E-state index in [1.54, 1.807) is 12.1 Å². The largest absolute Gasteiger partial charge is 0.508 e. The fourth-order valence-corrected chi connectivity index (χ4v) is 5.63. The van der Waals surface area contributed by atoms with E-state index in [9.17, 15) is 14.3 Å². The Morgan fingerprint density at radius 1 is 1.06 bits per heavy atom. The lowest BCUT2D eigenvalue weighted by Gasteiger charge is -2.37. The molecule has 1 aromatic heterocycles. The average Bonchev–Trinajstić information content (AvgIpc) is 3.21. The molecule has 0 atom stereocenters. The standard InChI is InChI=1S/C28H26FNO3S/c29-16-19-17-30(18-19)13-4-14-33-23-10-7-20(8-11-23)26-24-12-9-22(31)15-25(24)34-28(26)27(32)21-5-2-1-3-6-21/h1-3,5-12,15,19,31H,4,13-14,16-18H2. The molecule has 0 saturated carbocycles. The molecule has 4 nitrogen and oxygen atoms in total. The zero-order chi connectivity index (χ0) is 23.5. The van der Waals surface area contributed by atoms with E-state index in [1.807, 2.05) is 60.7 Å². The van der Waals surface area contributed by atoms with Gasteiger partial charge >= 0.3 is 0 Å². The number of carbonyl (C=O) groups is 1. The van der Waals surface area contributed by atoms with E-state index in [2.05, 4.69) is 4.90 Å². The van der Waals surface area contributed by atoms with Crippen LogP contribution in [-0.2, 0) is 0 Å². The molecule has 0 bridgehead atoms. The minimum absolute atomic E-state index is 0.0300. The Kier molecular flexibility index (Phi) is 6.61. The van der Waals surface area contributed by atoms with E-state index in [4.69, 9.17) is 4.74 Å². The maximum absolute atomic E-state index is 13.4. The number of phenolic OH excluding ortho intramolecular Hbond substituents is 1. The first-order chi connectivity index (χ1) is 16.6. The van der Waals surface area contributed by atoms with E-state index >= 15 is 0 Å². The van der Waals surface area contributed by atoms with Crippen LogP contribution in [0, 0.1) is 5.92 Å². The van der Waals surface area contributed by atoms with Gasteiger partial charge in [0.1, 0.15) is 11.5 Å². The molecule has 2 heterocycles. The number of hydrogen-bond donors (Lipinski definition) is 1. The highest BCUT2D eigenvalue weighted by atomic mass is 32.1. The first-order valence-electron chi connectivity index (χ1n) is 11.5. The molecule has 1 aliphatic rings. The van der Waals surface area contributed by atoms with Crippen molar-refractivity contribution in [3.63, 3.8) is 0 Å². The van der Waals surface area contributed by atoms with Crippen LogP contribution in [0.1, 0.15) is 21.7 Å². The summed E-state index contributed by atoms with van der Waals surface area (Å²) in [6.45, 7) is 3.00. The predicted octanol–water partition coefficient (Wildman–Crippen LogP) is 6.18. The van der Waals surface area contributed by atoms with E-state index in [-0.39, 0.29) is 24.1 Å². The second-order valence-electron chi connectivity index (χ2n) is 8.69. The van der Waals surface area contributed by atoms with Gasteiger partial charge in [0.15, 0.2) is 0 Å². The van der Waals surface area contributed by atoms with Crippen molar-refractivity contribution < 1.29 is 19.0 Å². The first-order valence-corrected chi connectivity index (χ1v) is 12.3. The van der Waals surface area contributed by atoms with E-state index in [0.717, 1.165) is 53.0 Å². The summed E-state index contributed by atoms with van der Waals surface area (Å²) in [4.78, 5) is 16.3. The van der Waals surface area contributed by atoms with Gasteiger partial charge in [-0.05, 0) is 42.3 Å². The summed E-state index contributed by atoms with van der Waals surface area (Å²) in [6, 6.07) is 22.3. The van der Waals surface area contributed by atoms with Crippen LogP contribution in [-0.4, -0.2) is 48.7 Å². The molecule has 6 heteroatoms. The number of halogens is 1. The highest BCUT2D eigenvalue weighted by Crippen LogP contribution is 2.41. The van der Waals surface area contributed by atoms with Gasteiger partial charge in [-0.3, -0.25) is 9.18 Å². The minimum Gasteiger partial charge on any atom is -0.508 e. The lowest BCUT2D eigenvalue weighted by Crippen LogP contribution is -2.48. The number of rotatable bonds is 9. The monoisotopic (exact) mass is 475 g/mol. The number of ether oxygens (including phenoxy) is 1. The Morgan fingerprint density at radius 2 is 1.82 bits per heavy atom. The number of phenols is 1. The highest BCUT2D eigenvalue weighted by Gasteiger charge is 2.25. The molecular weight excluding hydrogens is 449 g/mol. The fraction of sp³-hybridized carbons (Fsp3) is 0.250. The van der Waals surface area contributed by atoms with Crippen molar-refractivity contribution in [1.82, 2.24) is 4.90 Å². The Labute approximate surface area is 202 Å². The number of likely N-dealkylation sites (tertiary alicyclic amines) is 1. The predicted molar refractivity (Wildman–Crippen MR) is 135 cm³/mol. The molecule has 0 radical (unpaired) electrons. The minimum atomic E-state index is -0.224. The van der Waals surface area contributed by atoms with Crippen molar-refractivity contribution in [1.29, 1.82) is 0 Å². The Morgan fingerprint density at radius 3 is 2.56 bits per heavy atom. The van der Waals surface area contributed by atoms with Gasteiger partial charge in [0, 0.05) is 46.8 Å². The lowest BCUT2D eigenvalue weighted by atomic mass is 9.98. The molecule has 0 aliphatic carbocycles. The normalized spacial score (nSPS) is 14.3. The maximum atomic E-state index is 13.4. The van der Waals surface area contributed by atoms with Crippen LogP contribution in [0.3, 0.4) is 0 Å². The van der Waals surface area contributed by atoms with Gasteiger partial charge < -0.3 is 14.7 Å². The third kappa shape index (κ3) is 4.69. The number of ketones is 1. The summed E-state index contributed by atoms with van der Waals surface area (Å²) in [5, 5.41) is 10.9. The van der Waals surface area contributed by atoms with Crippen LogP contribution in [0.25, 0.3) is 21.2 Å². The summed E-state index contributed by atoms with van der Waals surface area (Å²) in [6.07, 6.45) is 0.898. The van der Waals surface area contributed by atoms with Crippen LogP contribution in [0.4, 0.5) is 4.39 Å². The second kappa shape index (κ2) is 9.95. The quantitative estimate of drug-likeness (QED) is 0.232. The van der Waals surface area contributed by atoms with Crippen molar-refractivity contribution in [3.8, 4) is 22.6 Å². The molecule has 3 aromatic carbocycles. The third-order valence-corrected chi connectivity index (χ3v) is 7.35. The zero-order valence-corrected chi connectivity index (χ0v) is 19.6. The summed E-state index contributed by atoms with van der Waals surface area (Å²) >= 11 is 1.40. The van der Waals surface area contributed by atoms with Gasteiger partial charge in [-0.25, -0.2) is 0 Å². The highest BCUT2D eigenvalue weighted by molar-refractivity contribution is 7.21. The molecule has 1 N–H and O–H groups in total. The molecule has 1 saturated heterocycles. The molecular formula is C28H26FNO3S. The molecule has 4 aromatic rings. The Bertz CT molecular complexity index is 1280.